The highest BCUT2D eigenvalue weighted by molar-refractivity contribution is 5.70. The minimum absolute atomic E-state index is 0.145. The van der Waals surface area contributed by atoms with E-state index in [2.05, 4.69) is 123 Å². The van der Waals surface area contributed by atoms with E-state index in [9.17, 15) is 19.5 Å². The summed E-state index contributed by atoms with van der Waals surface area (Å²) in [6.45, 7) is 4.68. The predicted octanol–water partition coefficient (Wildman–Crippen LogP) is 26.3. The molecule has 0 rings (SSSR count). The van der Waals surface area contributed by atoms with Gasteiger partial charge in [0.2, 0.25) is 0 Å². The highest BCUT2D eigenvalue weighted by atomic mass is 16.7. The van der Waals surface area contributed by atoms with E-state index in [4.69, 9.17) is 18.9 Å². The molecule has 9 nitrogen and oxygen atoms in total. The molecule has 0 fully saturated rings. The Morgan fingerprint density at radius 1 is 0.310 bits per heavy atom. The second-order valence-corrected chi connectivity index (χ2v) is 29.8. The molecular formula is C91H161NO8. The van der Waals surface area contributed by atoms with Crippen molar-refractivity contribution in [1.82, 2.24) is 0 Å². The molecule has 0 aromatic carbocycles. The van der Waals surface area contributed by atoms with Crippen molar-refractivity contribution >= 4 is 17.9 Å². The first-order chi connectivity index (χ1) is 49.1. The lowest BCUT2D eigenvalue weighted by Crippen LogP contribution is -2.44. The molecule has 0 radical (unpaired) electrons. The van der Waals surface area contributed by atoms with Crippen molar-refractivity contribution in [3.63, 3.8) is 0 Å². The van der Waals surface area contributed by atoms with Gasteiger partial charge in [0, 0.05) is 12.8 Å². The number of unbranched alkanes of at least 4 members (excludes halogenated alkanes) is 46. The van der Waals surface area contributed by atoms with E-state index in [0.29, 0.717) is 23.9 Å². The second-order valence-electron chi connectivity index (χ2n) is 29.8. The normalized spacial score (nSPS) is 13.2. The molecule has 2 unspecified atom stereocenters. The Labute approximate surface area is 619 Å². The number of esters is 2. The molecule has 0 heterocycles. The quantitative estimate of drug-likeness (QED) is 0.0195. The topological polar surface area (TPSA) is 111 Å². The number of nitrogens with zero attached hydrogens (tertiary/aromatic N) is 1. The van der Waals surface area contributed by atoms with Gasteiger partial charge in [-0.25, -0.2) is 0 Å². The standard InChI is InChI=1S/C91H161NO8/c1-6-8-10-12-14-16-18-20-22-24-26-28-30-32-34-36-38-40-42-44-45-46-48-50-52-54-56-58-60-62-64-66-68-70-72-74-76-78-80-82-89(94)100-87(86-99-91(90(95)96)97-84-83-92(3,4)5)85-98-88(93)81-79-77-75-73-71-69-67-65-63-61-59-57-55-53-51-49-47-43-41-39-37-35-33-31-29-27-25-23-21-19-17-15-13-11-9-7-2/h8,10,14,16,20,22,26,28,32,34,38,40,44-45,48,50,54,56,87,91H,6-7,9,11-13,15,17-19,21,23-25,27,29-31,33,35-37,39,41-43,46-47,49,51-53,55,57-86H2,1-5H3/b10-8-,16-14-,22-20-,28-26-,34-32-,40-38-,45-44-,50-48-,56-54-. The van der Waals surface area contributed by atoms with Crippen LogP contribution in [0.4, 0.5) is 0 Å². The molecule has 0 spiro atoms. The van der Waals surface area contributed by atoms with Crippen molar-refractivity contribution in [3.8, 4) is 0 Å². The fourth-order valence-corrected chi connectivity index (χ4v) is 12.4. The molecule has 2 atom stereocenters. The van der Waals surface area contributed by atoms with E-state index in [1.54, 1.807) is 0 Å². The smallest absolute Gasteiger partial charge is 0.306 e. The van der Waals surface area contributed by atoms with Crippen LogP contribution in [0, 0.1) is 0 Å². The van der Waals surface area contributed by atoms with E-state index in [-0.39, 0.29) is 32.2 Å². The number of ether oxygens (including phenoxy) is 4. The highest BCUT2D eigenvalue weighted by Crippen LogP contribution is 2.20. The van der Waals surface area contributed by atoms with Crippen LogP contribution in [0.2, 0.25) is 0 Å². The van der Waals surface area contributed by atoms with E-state index < -0.39 is 24.3 Å². The Hall–Kier alpha value is -4.05. The summed E-state index contributed by atoms with van der Waals surface area (Å²) < 4.78 is 22.9. The first kappa shape index (κ1) is 96.0. The van der Waals surface area contributed by atoms with Gasteiger partial charge in [-0.2, -0.15) is 0 Å². The predicted molar refractivity (Wildman–Crippen MR) is 430 cm³/mol. The number of carbonyl (C=O) groups is 3. The number of hydrogen-bond acceptors (Lipinski definition) is 8. The van der Waals surface area contributed by atoms with Gasteiger partial charge in [0.05, 0.1) is 40.3 Å². The summed E-state index contributed by atoms with van der Waals surface area (Å²) in [5.74, 6) is -2.27. The van der Waals surface area contributed by atoms with Crippen molar-refractivity contribution in [2.75, 3.05) is 47.5 Å². The molecule has 0 saturated heterocycles. The first-order valence-corrected chi connectivity index (χ1v) is 42.5. The van der Waals surface area contributed by atoms with Crippen molar-refractivity contribution in [2.24, 2.45) is 0 Å². The van der Waals surface area contributed by atoms with Crippen LogP contribution in [0.15, 0.2) is 109 Å². The Kier molecular flexibility index (Phi) is 77.4. The highest BCUT2D eigenvalue weighted by Gasteiger charge is 2.22. The summed E-state index contributed by atoms with van der Waals surface area (Å²) in [5, 5.41) is 11.9. The lowest BCUT2D eigenvalue weighted by molar-refractivity contribution is -0.870. The van der Waals surface area contributed by atoms with Gasteiger partial charge in [0.1, 0.15) is 13.2 Å². The van der Waals surface area contributed by atoms with E-state index in [0.717, 1.165) is 103 Å². The number of carboxylic acids is 1. The van der Waals surface area contributed by atoms with Crippen molar-refractivity contribution in [3.05, 3.63) is 109 Å². The van der Waals surface area contributed by atoms with Crippen LogP contribution in [-0.4, -0.2) is 82.3 Å². The second kappa shape index (κ2) is 80.6. The van der Waals surface area contributed by atoms with Gasteiger partial charge < -0.3 is 33.3 Å². The molecule has 9 heteroatoms. The third-order valence-corrected chi connectivity index (χ3v) is 18.8. The molecule has 0 N–H and O–H groups in total. The zero-order valence-corrected chi connectivity index (χ0v) is 66.3. The number of quaternary nitrogens is 1. The van der Waals surface area contributed by atoms with Gasteiger partial charge in [-0.3, -0.25) is 9.59 Å². The zero-order chi connectivity index (χ0) is 72.5. The Bertz CT molecular complexity index is 2020. The lowest BCUT2D eigenvalue weighted by Gasteiger charge is -2.26. The minimum atomic E-state index is -1.63. The number of allylic oxidation sites excluding steroid dienone is 18. The van der Waals surface area contributed by atoms with Crippen LogP contribution in [-0.2, 0) is 33.3 Å². The average Bonchev–Trinajstić information content (AvgIpc) is 1.08. The van der Waals surface area contributed by atoms with Gasteiger partial charge in [0.15, 0.2) is 12.4 Å². The van der Waals surface area contributed by atoms with Gasteiger partial charge in [-0.15, -0.1) is 0 Å². The van der Waals surface area contributed by atoms with Crippen LogP contribution >= 0.6 is 0 Å². The van der Waals surface area contributed by atoms with Crippen LogP contribution in [0.5, 0.6) is 0 Å². The SMILES string of the molecule is CC/C=C\C/C=C\C/C=C\C/C=C\C/C=C\C/C=C\C/C=C\C/C=C\C/C=C\CCCCCCCCCCCCCC(=O)OC(COC(=O)CCCCCCCCCCCCCCCCCCCCCCCCCCCCCCCCCCCCCC)COC(OCC[N+](C)(C)C)C(=O)[O-]. The molecule has 0 aromatic heterocycles. The number of carboxylic acid groups (broad SMARTS) is 1. The fourth-order valence-electron chi connectivity index (χ4n) is 12.4. The Morgan fingerprint density at radius 2 is 0.570 bits per heavy atom. The fraction of sp³-hybridized carbons (Fsp3) is 0.769. The Balaban J connectivity index is 4.01. The van der Waals surface area contributed by atoms with Crippen molar-refractivity contribution < 1.29 is 42.9 Å². The van der Waals surface area contributed by atoms with E-state index >= 15 is 0 Å². The lowest BCUT2D eigenvalue weighted by atomic mass is 10.0. The summed E-state index contributed by atoms with van der Waals surface area (Å²) in [7, 11) is 5.94. The number of hydrogen-bond donors (Lipinski definition) is 0. The van der Waals surface area contributed by atoms with Crippen molar-refractivity contribution in [1.29, 1.82) is 0 Å². The molecule has 0 aliphatic carbocycles. The largest absolute Gasteiger partial charge is 0.545 e. The van der Waals surface area contributed by atoms with Crippen molar-refractivity contribution in [2.45, 2.75) is 405 Å². The number of aliphatic carboxylic acids is 1. The third kappa shape index (κ3) is 81.3. The third-order valence-electron chi connectivity index (χ3n) is 18.8. The maximum absolute atomic E-state index is 13.0. The molecule has 0 amide bonds. The molecule has 0 bridgehead atoms. The van der Waals surface area contributed by atoms with Gasteiger partial charge in [-0.05, 0) is 83.5 Å². The van der Waals surface area contributed by atoms with E-state index in [1.165, 1.54) is 257 Å². The summed E-state index contributed by atoms with van der Waals surface area (Å²) in [6.07, 6.45) is 111. The summed E-state index contributed by atoms with van der Waals surface area (Å²) in [4.78, 5) is 37.7. The molecule has 0 saturated carbocycles. The average molecular weight is 1400 g/mol. The van der Waals surface area contributed by atoms with Gasteiger partial charge in [-0.1, -0.05) is 406 Å². The number of likely N-dealkylation sites (N-methyl/N-ethyl adjacent to an activating group) is 1. The monoisotopic (exact) mass is 1400 g/mol. The molecule has 0 aliphatic heterocycles. The van der Waals surface area contributed by atoms with Gasteiger partial charge >= 0.3 is 11.9 Å². The Morgan fingerprint density at radius 3 is 0.850 bits per heavy atom. The van der Waals surface area contributed by atoms with E-state index in [1.807, 2.05) is 21.1 Å². The van der Waals surface area contributed by atoms with Crippen LogP contribution in [0.25, 0.3) is 0 Å². The molecule has 0 aromatic rings. The summed E-state index contributed by atoms with van der Waals surface area (Å²) in [6, 6.07) is 0. The molecule has 578 valence electrons. The molecular weight excluding hydrogens is 1230 g/mol. The first-order valence-electron chi connectivity index (χ1n) is 42.5. The van der Waals surface area contributed by atoms with Crippen LogP contribution in [0.1, 0.15) is 393 Å². The minimum Gasteiger partial charge on any atom is -0.545 e. The maximum atomic E-state index is 13.0. The molecule has 100 heavy (non-hydrogen) atoms. The maximum Gasteiger partial charge on any atom is 0.306 e. The summed E-state index contributed by atoms with van der Waals surface area (Å²) >= 11 is 0. The zero-order valence-electron chi connectivity index (χ0n) is 66.3. The molecule has 0 aliphatic rings. The van der Waals surface area contributed by atoms with Crippen LogP contribution in [0.3, 0.4) is 0 Å². The van der Waals surface area contributed by atoms with Crippen LogP contribution < -0.4 is 5.11 Å². The number of rotatable bonds is 79. The number of carbonyl (C=O) groups excluding carboxylic acids is 3. The van der Waals surface area contributed by atoms with Gasteiger partial charge in [0.25, 0.3) is 0 Å². The summed E-state index contributed by atoms with van der Waals surface area (Å²) in [5.41, 5.74) is 0.